The number of ether oxygens (including phenoxy) is 1. The molecule has 0 saturated carbocycles. The fourth-order valence-corrected chi connectivity index (χ4v) is 1.38. The minimum atomic E-state index is -4.80. The summed E-state index contributed by atoms with van der Waals surface area (Å²) in [5.41, 5.74) is 0. The van der Waals surface area contributed by atoms with Crippen LogP contribution in [0.3, 0.4) is 0 Å². The van der Waals surface area contributed by atoms with Crippen LogP contribution in [-0.4, -0.2) is 37.2 Å². The number of alkyl halides is 2. The predicted molar refractivity (Wildman–Crippen MR) is 42.6 cm³/mol. The number of carbonyl (C=O) groups excluding carboxylic acids is 1. The number of rotatable bonds is 5. The largest absolute Gasteiger partial charge is 0.466 e. The van der Waals surface area contributed by atoms with E-state index in [1.54, 1.807) is 0 Å². The third kappa shape index (κ3) is 6.72. The van der Waals surface area contributed by atoms with E-state index >= 15 is 0 Å². The summed E-state index contributed by atoms with van der Waals surface area (Å²) >= 11 is 0. The minimum Gasteiger partial charge on any atom is -0.466 e. The fourth-order valence-electron chi connectivity index (χ4n) is 0.741. The van der Waals surface area contributed by atoms with Gasteiger partial charge in [-0.05, 0) is 6.92 Å². The number of hydrogen-bond acceptors (Lipinski definition) is 4. The van der Waals surface area contributed by atoms with Gasteiger partial charge in [-0.3, -0.25) is 9.35 Å². The topological polar surface area (TPSA) is 80.7 Å². The van der Waals surface area contributed by atoms with Gasteiger partial charge >= 0.3 is 5.97 Å². The number of hydrogen-bond donors (Lipinski definition) is 1. The molecule has 5 nitrogen and oxygen atoms in total. The molecule has 0 spiro atoms. The van der Waals surface area contributed by atoms with Crippen LogP contribution in [0.5, 0.6) is 0 Å². The highest BCUT2D eigenvalue weighted by atomic mass is 32.2. The molecular formula is C6H10F2O5S. The van der Waals surface area contributed by atoms with Gasteiger partial charge in [0.1, 0.15) is 12.2 Å². The summed E-state index contributed by atoms with van der Waals surface area (Å²) in [4.78, 5) is 10.6. The van der Waals surface area contributed by atoms with Gasteiger partial charge < -0.3 is 4.74 Å². The first-order chi connectivity index (χ1) is 6.16. The van der Waals surface area contributed by atoms with E-state index in [-0.39, 0.29) is 6.61 Å². The molecule has 8 heteroatoms. The van der Waals surface area contributed by atoms with Crippen LogP contribution in [0, 0.1) is 0 Å². The van der Waals surface area contributed by atoms with Crippen LogP contribution in [0.15, 0.2) is 0 Å². The second-order valence-corrected chi connectivity index (χ2v) is 4.02. The third-order valence-electron chi connectivity index (χ3n) is 1.10. The quantitative estimate of drug-likeness (QED) is 0.550. The summed E-state index contributed by atoms with van der Waals surface area (Å²) in [6.45, 7) is 1.36. The van der Waals surface area contributed by atoms with E-state index in [1.165, 1.54) is 6.92 Å². The molecule has 0 rings (SSSR count). The van der Waals surface area contributed by atoms with Gasteiger partial charge in [-0.15, -0.1) is 0 Å². The molecule has 84 valence electrons. The first-order valence-corrected chi connectivity index (χ1v) is 5.26. The lowest BCUT2D eigenvalue weighted by Gasteiger charge is -2.12. The minimum absolute atomic E-state index is 0.0687. The van der Waals surface area contributed by atoms with Crippen molar-refractivity contribution in [1.82, 2.24) is 0 Å². The molecule has 0 aromatic rings. The van der Waals surface area contributed by atoms with E-state index in [4.69, 9.17) is 4.55 Å². The van der Waals surface area contributed by atoms with Crippen LogP contribution in [0.2, 0.25) is 0 Å². The van der Waals surface area contributed by atoms with Gasteiger partial charge in [-0.25, -0.2) is 8.78 Å². The van der Waals surface area contributed by atoms with Crippen LogP contribution >= 0.6 is 0 Å². The predicted octanol–water partition coefficient (Wildman–Crippen LogP) is 0.463. The highest BCUT2D eigenvalue weighted by Crippen LogP contribution is 2.20. The van der Waals surface area contributed by atoms with Crippen molar-refractivity contribution in [2.45, 2.75) is 19.3 Å². The lowest BCUT2D eigenvalue weighted by molar-refractivity contribution is -0.149. The van der Waals surface area contributed by atoms with Crippen molar-refractivity contribution in [3.05, 3.63) is 0 Å². The molecule has 0 aromatic heterocycles. The molecule has 0 unspecified atom stereocenters. The summed E-state index contributed by atoms with van der Waals surface area (Å²) < 4.78 is 57.9. The van der Waals surface area contributed by atoms with Gasteiger partial charge in [0.2, 0.25) is 0 Å². The number of esters is 1. The van der Waals surface area contributed by atoms with Gasteiger partial charge in [-0.2, -0.15) is 8.42 Å². The van der Waals surface area contributed by atoms with E-state index in [2.05, 4.69) is 4.74 Å². The van der Waals surface area contributed by atoms with Crippen LogP contribution < -0.4 is 0 Å². The molecule has 0 saturated heterocycles. The zero-order valence-electron chi connectivity index (χ0n) is 7.37. The normalized spacial score (nSPS) is 12.6. The summed E-state index contributed by atoms with van der Waals surface area (Å²) in [7, 11) is -4.80. The van der Waals surface area contributed by atoms with E-state index in [0.717, 1.165) is 0 Å². The van der Waals surface area contributed by atoms with Crippen molar-refractivity contribution >= 4 is 16.1 Å². The molecule has 0 aliphatic heterocycles. The zero-order valence-corrected chi connectivity index (χ0v) is 8.18. The van der Waals surface area contributed by atoms with E-state index in [0.29, 0.717) is 0 Å². The molecule has 14 heavy (non-hydrogen) atoms. The van der Waals surface area contributed by atoms with Gasteiger partial charge in [0, 0.05) is 0 Å². The Balaban J connectivity index is 4.27. The Bertz CT molecular complexity index is 297. The van der Waals surface area contributed by atoms with Crippen molar-refractivity contribution < 1.29 is 31.3 Å². The standard InChI is InChI=1S/C6H10F2O5S/c1-2-13-5(9)3-6(7,8)4-14(10,11)12/h2-4H2,1H3,(H,10,11,12). The Kier molecular flexibility index (Phi) is 4.40. The molecule has 0 atom stereocenters. The molecule has 0 heterocycles. The highest BCUT2D eigenvalue weighted by Gasteiger charge is 2.37. The Morgan fingerprint density at radius 2 is 2.00 bits per heavy atom. The Morgan fingerprint density at radius 1 is 1.50 bits per heavy atom. The lowest BCUT2D eigenvalue weighted by Crippen LogP contribution is -2.31. The van der Waals surface area contributed by atoms with E-state index in [1.807, 2.05) is 0 Å². The average Bonchev–Trinajstić information content (AvgIpc) is 1.78. The molecule has 1 N–H and O–H groups in total. The van der Waals surface area contributed by atoms with Crippen molar-refractivity contribution in [3.63, 3.8) is 0 Å². The summed E-state index contributed by atoms with van der Waals surface area (Å²) in [6.07, 6.45) is -1.36. The maximum Gasteiger partial charge on any atom is 0.311 e. The number of carbonyl (C=O) groups is 1. The van der Waals surface area contributed by atoms with Crippen LogP contribution in [0.4, 0.5) is 8.78 Å². The second kappa shape index (κ2) is 4.65. The molecule has 0 amide bonds. The molecule has 0 fully saturated rings. The van der Waals surface area contributed by atoms with Crippen molar-refractivity contribution in [3.8, 4) is 0 Å². The smallest absolute Gasteiger partial charge is 0.311 e. The molecular weight excluding hydrogens is 222 g/mol. The Morgan fingerprint density at radius 3 is 2.36 bits per heavy atom. The van der Waals surface area contributed by atoms with Crippen molar-refractivity contribution in [2.75, 3.05) is 12.4 Å². The molecule has 0 aliphatic carbocycles. The monoisotopic (exact) mass is 232 g/mol. The number of halogens is 2. The Hall–Kier alpha value is -0.760. The molecule has 0 radical (unpaired) electrons. The van der Waals surface area contributed by atoms with E-state index < -0.39 is 34.2 Å². The first kappa shape index (κ1) is 13.2. The van der Waals surface area contributed by atoms with Crippen LogP contribution in [0.25, 0.3) is 0 Å². The third-order valence-corrected chi connectivity index (χ3v) is 1.89. The van der Waals surface area contributed by atoms with Crippen molar-refractivity contribution in [2.24, 2.45) is 0 Å². The van der Waals surface area contributed by atoms with Crippen molar-refractivity contribution in [1.29, 1.82) is 0 Å². The highest BCUT2D eigenvalue weighted by molar-refractivity contribution is 7.85. The maximum absolute atomic E-state index is 12.7. The maximum atomic E-state index is 12.7. The van der Waals surface area contributed by atoms with Gasteiger partial charge in [-0.1, -0.05) is 0 Å². The molecule has 0 aromatic carbocycles. The zero-order chi connectivity index (χ0) is 11.4. The van der Waals surface area contributed by atoms with Crippen LogP contribution in [-0.2, 0) is 19.6 Å². The summed E-state index contributed by atoms with van der Waals surface area (Å²) in [5, 5.41) is 0. The van der Waals surface area contributed by atoms with Crippen LogP contribution in [0.1, 0.15) is 13.3 Å². The van der Waals surface area contributed by atoms with Gasteiger partial charge in [0.15, 0.2) is 0 Å². The molecule has 0 aliphatic rings. The van der Waals surface area contributed by atoms with Gasteiger partial charge in [0.25, 0.3) is 16.0 Å². The fraction of sp³-hybridized carbons (Fsp3) is 0.833. The lowest BCUT2D eigenvalue weighted by atomic mass is 10.3. The summed E-state index contributed by atoms with van der Waals surface area (Å²) in [5.74, 6) is -6.79. The average molecular weight is 232 g/mol. The SMILES string of the molecule is CCOC(=O)CC(F)(F)CS(=O)(=O)O. The van der Waals surface area contributed by atoms with Gasteiger partial charge in [0.05, 0.1) is 6.61 Å². The molecule has 0 bridgehead atoms. The summed E-state index contributed by atoms with van der Waals surface area (Å²) in [6, 6.07) is 0. The van der Waals surface area contributed by atoms with E-state index in [9.17, 15) is 22.0 Å². The Labute approximate surface area is 79.8 Å². The first-order valence-electron chi connectivity index (χ1n) is 3.65. The second-order valence-electron chi connectivity index (χ2n) is 2.56.